The molecule has 0 heterocycles. The Kier molecular flexibility index (Phi) is 1.87. The predicted octanol–water partition coefficient (Wildman–Crippen LogP) is 1.77. The van der Waals surface area contributed by atoms with Crippen molar-refractivity contribution in [2.24, 2.45) is 0 Å². The fraction of sp³-hybridized carbons (Fsp3) is 0. The first-order valence-electron chi connectivity index (χ1n) is 2.52. The van der Waals surface area contributed by atoms with Crippen LogP contribution >= 0.6 is 0 Å². The molecule has 0 atom stereocenters. The lowest BCUT2D eigenvalue weighted by molar-refractivity contribution is 0.774. The van der Waals surface area contributed by atoms with Gasteiger partial charge in [-0.25, -0.2) is 0 Å². The third-order valence-corrected chi connectivity index (χ3v) is 0.891. The van der Waals surface area contributed by atoms with Crippen LogP contribution < -0.4 is 0 Å². The molecule has 0 fully saturated rings. The van der Waals surface area contributed by atoms with E-state index in [0.717, 1.165) is 0 Å². The Labute approximate surface area is 53.3 Å². The van der Waals surface area contributed by atoms with Gasteiger partial charge in [0.2, 0.25) is 0 Å². The summed E-state index contributed by atoms with van der Waals surface area (Å²) in [4.78, 5) is 0. The van der Waals surface area contributed by atoms with Crippen molar-refractivity contribution in [3.05, 3.63) is 35.9 Å². The van der Waals surface area contributed by atoms with E-state index in [2.05, 4.69) is 12.0 Å². The minimum Gasteiger partial charge on any atom is -0.144 e. The highest BCUT2D eigenvalue weighted by atomic mass is 19.1. The average molecular weight is 119 g/mol. The van der Waals surface area contributed by atoms with Crippen molar-refractivity contribution in [2.45, 2.75) is 0 Å². The molecule has 0 nitrogen and oxygen atoms in total. The third kappa shape index (κ3) is 1.58. The van der Waals surface area contributed by atoms with Gasteiger partial charge in [0, 0.05) is 5.56 Å². The summed E-state index contributed by atoms with van der Waals surface area (Å²) in [6.45, 7) is 0. The second kappa shape index (κ2) is 2.88. The van der Waals surface area contributed by atoms with Gasteiger partial charge in [-0.2, -0.15) is 0 Å². The topological polar surface area (TPSA) is 0 Å². The highest BCUT2D eigenvalue weighted by Crippen LogP contribution is 1.92. The molecule has 0 N–H and O–H groups in total. The Morgan fingerprint density at radius 2 is 2.33 bits per heavy atom. The van der Waals surface area contributed by atoms with Crippen LogP contribution in [0.3, 0.4) is 0 Å². The van der Waals surface area contributed by atoms with Gasteiger partial charge < -0.3 is 0 Å². The van der Waals surface area contributed by atoms with E-state index < -0.39 is 0 Å². The maximum Gasteiger partial charge on any atom is 0.111 e. The molecule has 0 aliphatic carbocycles. The summed E-state index contributed by atoms with van der Waals surface area (Å²) in [6.07, 6.45) is 1.30. The summed E-state index contributed by atoms with van der Waals surface area (Å²) < 4.78 is 11.3. The number of hydrogen-bond acceptors (Lipinski definition) is 0. The van der Waals surface area contributed by atoms with Crippen molar-refractivity contribution in [3.8, 4) is 12.1 Å². The van der Waals surface area contributed by atoms with E-state index in [1.165, 1.54) is 6.17 Å². The molecule has 0 spiro atoms. The highest BCUT2D eigenvalue weighted by Gasteiger charge is 1.79. The minimum absolute atomic E-state index is 0.583. The number of rotatable bonds is 0. The molecule has 1 heteroatoms. The van der Waals surface area contributed by atoms with Crippen molar-refractivity contribution < 1.29 is 4.39 Å². The van der Waals surface area contributed by atoms with Gasteiger partial charge in [0.15, 0.2) is 0 Å². The van der Waals surface area contributed by atoms with Gasteiger partial charge in [0.25, 0.3) is 0 Å². The van der Waals surface area contributed by atoms with Crippen molar-refractivity contribution in [1.82, 2.24) is 0 Å². The molecule has 1 aromatic carbocycles. The maximum atomic E-state index is 11.3. The van der Waals surface area contributed by atoms with Crippen LogP contribution in [-0.2, 0) is 0 Å². The summed E-state index contributed by atoms with van der Waals surface area (Å²) in [5, 5.41) is 0. The van der Waals surface area contributed by atoms with E-state index in [1.54, 1.807) is 18.2 Å². The van der Waals surface area contributed by atoms with Gasteiger partial charge in [-0.3, -0.25) is 0 Å². The first kappa shape index (κ1) is 5.84. The van der Waals surface area contributed by atoms with Crippen molar-refractivity contribution in [2.75, 3.05) is 0 Å². The van der Waals surface area contributed by atoms with Gasteiger partial charge in [-0.15, -0.1) is 4.39 Å². The summed E-state index contributed by atoms with van der Waals surface area (Å²) >= 11 is 0. The predicted molar refractivity (Wildman–Crippen MR) is 33.3 cm³/mol. The van der Waals surface area contributed by atoms with E-state index in [1.807, 2.05) is 6.07 Å². The molecular weight excluding hydrogens is 115 g/mol. The van der Waals surface area contributed by atoms with Crippen LogP contribution in [0.15, 0.2) is 24.3 Å². The van der Waals surface area contributed by atoms with Crippen LogP contribution in [0, 0.1) is 18.2 Å². The van der Waals surface area contributed by atoms with E-state index in [4.69, 9.17) is 0 Å². The maximum absolute atomic E-state index is 11.3. The lowest BCUT2D eigenvalue weighted by atomic mass is 10.2. The van der Waals surface area contributed by atoms with Crippen LogP contribution in [0.2, 0.25) is 0 Å². The normalized spacial score (nSPS) is 7.67. The van der Waals surface area contributed by atoms with Crippen molar-refractivity contribution in [1.29, 1.82) is 0 Å². The zero-order valence-electron chi connectivity index (χ0n) is 4.69. The SMILES string of the molecule is FC#Cc1[c]cccc1. The zero-order valence-corrected chi connectivity index (χ0v) is 4.69. The minimum atomic E-state index is 0.583. The van der Waals surface area contributed by atoms with Crippen LogP contribution in [0.25, 0.3) is 0 Å². The Hall–Kier alpha value is -1.29. The van der Waals surface area contributed by atoms with Gasteiger partial charge in [-0.05, 0) is 18.1 Å². The number of benzene rings is 1. The zero-order chi connectivity index (χ0) is 6.53. The molecule has 0 saturated heterocycles. The molecule has 43 valence electrons. The molecule has 0 aromatic heterocycles. The summed E-state index contributed by atoms with van der Waals surface area (Å²) in [6, 6.07) is 9.75. The van der Waals surface area contributed by atoms with Gasteiger partial charge in [0.05, 0.1) is 0 Å². The Balaban J connectivity index is 2.94. The largest absolute Gasteiger partial charge is 0.144 e. The second-order valence-corrected chi connectivity index (χ2v) is 1.50. The van der Waals surface area contributed by atoms with E-state index in [9.17, 15) is 4.39 Å². The quantitative estimate of drug-likeness (QED) is 0.456. The standard InChI is InChI=1S/C8H4F/c9-7-6-8-4-2-1-3-5-8/h1-4H. The smallest absolute Gasteiger partial charge is 0.111 e. The molecule has 0 bridgehead atoms. The molecule has 9 heavy (non-hydrogen) atoms. The Morgan fingerprint density at radius 1 is 1.44 bits per heavy atom. The Bertz CT molecular complexity index is 228. The second-order valence-electron chi connectivity index (χ2n) is 1.50. The number of hydrogen-bond donors (Lipinski definition) is 0. The highest BCUT2D eigenvalue weighted by molar-refractivity contribution is 5.30. The van der Waals surface area contributed by atoms with Crippen LogP contribution in [0.4, 0.5) is 4.39 Å². The fourth-order valence-electron chi connectivity index (χ4n) is 0.522. The first-order chi connectivity index (χ1) is 4.43. The number of halogens is 1. The fourth-order valence-corrected chi connectivity index (χ4v) is 0.522. The van der Waals surface area contributed by atoms with Crippen molar-refractivity contribution in [3.63, 3.8) is 0 Å². The van der Waals surface area contributed by atoms with E-state index >= 15 is 0 Å². The molecule has 1 rings (SSSR count). The summed E-state index contributed by atoms with van der Waals surface area (Å²) in [5.41, 5.74) is 0.583. The van der Waals surface area contributed by atoms with Gasteiger partial charge in [-0.1, -0.05) is 18.2 Å². The summed E-state index contributed by atoms with van der Waals surface area (Å²) in [7, 11) is 0. The molecule has 0 amide bonds. The van der Waals surface area contributed by atoms with Gasteiger partial charge >= 0.3 is 0 Å². The van der Waals surface area contributed by atoms with Crippen LogP contribution in [0.5, 0.6) is 0 Å². The molecule has 1 aromatic rings. The van der Waals surface area contributed by atoms with Gasteiger partial charge in [0.1, 0.15) is 6.17 Å². The lowest BCUT2D eigenvalue weighted by Gasteiger charge is -1.81. The monoisotopic (exact) mass is 119 g/mol. The molecule has 1 radical (unpaired) electrons. The first-order valence-corrected chi connectivity index (χ1v) is 2.52. The molecule has 0 aliphatic rings. The average Bonchev–Trinajstić information content (AvgIpc) is 1.91. The molecular formula is C8H4F. The molecule has 0 aliphatic heterocycles. The third-order valence-electron chi connectivity index (χ3n) is 0.891. The molecule has 0 unspecified atom stereocenters. The Morgan fingerprint density at radius 3 is 2.89 bits per heavy atom. The van der Waals surface area contributed by atoms with Crippen molar-refractivity contribution >= 4 is 0 Å². The summed E-state index contributed by atoms with van der Waals surface area (Å²) in [5.74, 6) is 2.24. The van der Waals surface area contributed by atoms with Crippen LogP contribution in [0.1, 0.15) is 5.56 Å². The van der Waals surface area contributed by atoms with E-state index in [0.29, 0.717) is 5.56 Å². The van der Waals surface area contributed by atoms with E-state index in [-0.39, 0.29) is 0 Å². The van der Waals surface area contributed by atoms with Crippen LogP contribution in [-0.4, -0.2) is 0 Å². The lowest BCUT2D eigenvalue weighted by Crippen LogP contribution is -1.68. The molecule has 0 saturated carbocycles.